The van der Waals surface area contributed by atoms with Gasteiger partial charge >= 0.3 is 5.97 Å². The molecule has 2 aliphatic carbocycles. The van der Waals surface area contributed by atoms with E-state index in [4.69, 9.17) is 4.74 Å². The van der Waals surface area contributed by atoms with Crippen molar-refractivity contribution in [2.75, 3.05) is 12.4 Å². The Morgan fingerprint density at radius 1 is 1.00 bits per heavy atom. The summed E-state index contributed by atoms with van der Waals surface area (Å²) in [5.74, 6) is -3.31. The number of rotatable bonds is 4. The van der Waals surface area contributed by atoms with E-state index in [1.807, 2.05) is 0 Å². The number of methoxy groups -OCH3 is 1. The summed E-state index contributed by atoms with van der Waals surface area (Å²) < 4.78 is 4.97. The quantitative estimate of drug-likeness (QED) is 0.795. The van der Waals surface area contributed by atoms with E-state index in [0.717, 1.165) is 55.4 Å². The average Bonchev–Trinajstić information content (AvgIpc) is 2.97. The van der Waals surface area contributed by atoms with Crippen LogP contribution in [-0.2, 0) is 27.2 Å². The molecule has 3 rings (SSSR count). The summed E-state index contributed by atoms with van der Waals surface area (Å²) in [4.78, 5) is 37.8. The highest BCUT2D eigenvalue weighted by molar-refractivity contribution is 7.17. The molecule has 0 aliphatic heterocycles. The topological polar surface area (TPSA) is 95.5 Å². The Bertz CT molecular complexity index is 726. The number of hydrogen-bond donors (Lipinski definition) is 1. The summed E-state index contributed by atoms with van der Waals surface area (Å²) >= 11 is 1.43. The number of fused-ring (bicyclic) bond motifs is 1. The van der Waals surface area contributed by atoms with Gasteiger partial charge in [0.15, 0.2) is 0 Å². The van der Waals surface area contributed by atoms with E-state index < -0.39 is 23.8 Å². The van der Waals surface area contributed by atoms with Crippen LogP contribution in [-0.4, -0.2) is 25.0 Å². The molecule has 2 atom stereocenters. The van der Waals surface area contributed by atoms with Gasteiger partial charge in [0, 0.05) is 22.7 Å². The van der Waals surface area contributed by atoms with E-state index in [0.29, 0.717) is 23.4 Å². The first-order valence-electron chi connectivity index (χ1n) is 9.77. The summed E-state index contributed by atoms with van der Waals surface area (Å²) in [5, 5.41) is 14.8. The van der Waals surface area contributed by atoms with Crippen LogP contribution in [0.1, 0.15) is 72.2 Å². The highest BCUT2D eigenvalue weighted by Crippen LogP contribution is 2.39. The van der Waals surface area contributed by atoms with Gasteiger partial charge in [-0.05, 0) is 44.1 Å². The van der Waals surface area contributed by atoms with Crippen molar-refractivity contribution >= 4 is 34.2 Å². The van der Waals surface area contributed by atoms with Crippen LogP contribution >= 0.6 is 11.3 Å². The summed E-state index contributed by atoms with van der Waals surface area (Å²) in [7, 11) is 1.34. The van der Waals surface area contributed by atoms with E-state index >= 15 is 0 Å². The summed E-state index contributed by atoms with van der Waals surface area (Å²) in [5.41, 5.74) is 1.44. The van der Waals surface area contributed by atoms with Crippen molar-refractivity contribution < 1.29 is 24.2 Å². The van der Waals surface area contributed by atoms with Gasteiger partial charge in [0.2, 0.25) is 5.91 Å². The van der Waals surface area contributed by atoms with Crippen molar-refractivity contribution in [3.8, 4) is 0 Å². The van der Waals surface area contributed by atoms with Crippen LogP contribution in [0.4, 0.5) is 5.00 Å². The van der Waals surface area contributed by atoms with E-state index in [-0.39, 0.29) is 5.91 Å². The predicted molar refractivity (Wildman–Crippen MR) is 101 cm³/mol. The molecule has 7 heteroatoms. The number of hydrogen-bond acceptors (Lipinski definition) is 6. The number of nitrogens with one attached hydrogen (secondary N) is 1. The van der Waals surface area contributed by atoms with Crippen LogP contribution in [0.15, 0.2) is 0 Å². The molecule has 1 amide bonds. The number of esters is 1. The van der Waals surface area contributed by atoms with Crippen molar-refractivity contribution in [3.63, 3.8) is 0 Å². The lowest BCUT2D eigenvalue weighted by molar-refractivity contribution is -0.313. The first-order chi connectivity index (χ1) is 13.0. The molecule has 1 aromatic heterocycles. The standard InChI is InChI=1S/C20H27NO5S/c1-26-20(25)16-14-10-4-2-3-5-11-15(14)27-18(16)21-17(22)12-8-6-7-9-13(12)19(23)24/h12-13H,2-11H2,1H3,(H,21,22)(H,23,24)/p-1/t12-,13-/m0/s1. The van der Waals surface area contributed by atoms with Gasteiger partial charge in [-0.1, -0.05) is 25.7 Å². The molecule has 1 aromatic rings. The van der Waals surface area contributed by atoms with Gasteiger partial charge in [-0.2, -0.15) is 0 Å². The minimum atomic E-state index is -1.17. The summed E-state index contributed by atoms with van der Waals surface area (Å²) in [6.07, 6.45) is 8.69. The second-order valence-electron chi connectivity index (χ2n) is 7.42. The van der Waals surface area contributed by atoms with Crippen molar-refractivity contribution in [1.82, 2.24) is 0 Å². The molecule has 0 radical (unpaired) electrons. The van der Waals surface area contributed by atoms with E-state index in [1.54, 1.807) is 0 Å². The maximum atomic E-state index is 12.8. The van der Waals surface area contributed by atoms with Gasteiger partial charge < -0.3 is 20.0 Å². The lowest BCUT2D eigenvalue weighted by atomic mass is 9.78. The fourth-order valence-electron chi connectivity index (χ4n) is 4.26. The molecule has 0 bridgehead atoms. The molecule has 1 saturated carbocycles. The summed E-state index contributed by atoms with van der Waals surface area (Å²) in [6.45, 7) is 0. The number of carboxylic acid groups (broad SMARTS) is 1. The highest BCUT2D eigenvalue weighted by Gasteiger charge is 2.33. The smallest absolute Gasteiger partial charge is 0.341 e. The molecule has 1 heterocycles. The van der Waals surface area contributed by atoms with Crippen LogP contribution in [0, 0.1) is 11.8 Å². The molecule has 0 saturated heterocycles. The zero-order valence-electron chi connectivity index (χ0n) is 15.7. The van der Waals surface area contributed by atoms with Gasteiger partial charge in [0.05, 0.1) is 12.7 Å². The monoisotopic (exact) mass is 392 g/mol. The number of anilines is 1. The van der Waals surface area contributed by atoms with Crippen molar-refractivity contribution in [1.29, 1.82) is 0 Å². The molecule has 1 N–H and O–H groups in total. The normalized spacial score (nSPS) is 22.9. The van der Waals surface area contributed by atoms with Crippen LogP contribution in [0.25, 0.3) is 0 Å². The van der Waals surface area contributed by atoms with E-state index in [1.165, 1.54) is 24.9 Å². The lowest BCUT2D eigenvalue weighted by Crippen LogP contribution is -2.42. The largest absolute Gasteiger partial charge is 0.550 e. The van der Waals surface area contributed by atoms with Crippen molar-refractivity contribution in [2.45, 2.75) is 64.2 Å². The van der Waals surface area contributed by atoms with Crippen molar-refractivity contribution in [3.05, 3.63) is 16.0 Å². The minimum Gasteiger partial charge on any atom is -0.550 e. The third kappa shape index (κ3) is 4.34. The molecule has 1 fully saturated rings. The number of carbonyl (C=O) groups is 3. The van der Waals surface area contributed by atoms with Crippen LogP contribution in [0.5, 0.6) is 0 Å². The Morgan fingerprint density at radius 2 is 1.67 bits per heavy atom. The highest BCUT2D eigenvalue weighted by atomic mass is 32.1. The van der Waals surface area contributed by atoms with Crippen LogP contribution in [0.3, 0.4) is 0 Å². The fraction of sp³-hybridized carbons (Fsp3) is 0.650. The Kier molecular flexibility index (Phi) is 6.52. The molecular weight excluding hydrogens is 366 g/mol. The zero-order chi connectivity index (χ0) is 19.4. The molecule has 0 spiro atoms. The molecule has 6 nitrogen and oxygen atoms in total. The molecule has 0 unspecified atom stereocenters. The maximum absolute atomic E-state index is 12.8. The van der Waals surface area contributed by atoms with Crippen molar-refractivity contribution in [2.24, 2.45) is 11.8 Å². The Hall–Kier alpha value is -1.89. The average molecular weight is 392 g/mol. The number of thiophene rings is 1. The number of aryl methyl sites for hydroxylation is 1. The van der Waals surface area contributed by atoms with Gasteiger partial charge in [-0.3, -0.25) is 4.79 Å². The first kappa shape index (κ1) is 19.9. The Morgan fingerprint density at radius 3 is 2.33 bits per heavy atom. The minimum absolute atomic E-state index is 0.330. The van der Waals surface area contributed by atoms with Crippen LogP contribution < -0.4 is 10.4 Å². The first-order valence-corrected chi connectivity index (χ1v) is 10.6. The summed E-state index contributed by atoms with van der Waals surface area (Å²) in [6, 6.07) is 0. The lowest BCUT2D eigenvalue weighted by Gasteiger charge is -2.31. The Labute approximate surface area is 163 Å². The number of carboxylic acids is 1. The van der Waals surface area contributed by atoms with Gasteiger partial charge in [0.25, 0.3) is 0 Å². The molecular formula is C20H26NO5S-. The third-order valence-corrected chi connectivity index (χ3v) is 6.91. The third-order valence-electron chi connectivity index (χ3n) is 5.70. The zero-order valence-corrected chi connectivity index (χ0v) is 16.5. The Balaban J connectivity index is 1.89. The van der Waals surface area contributed by atoms with Gasteiger partial charge in [-0.25, -0.2) is 4.79 Å². The number of amides is 1. The molecule has 0 aromatic carbocycles. The van der Waals surface area contributed by atoms with Crippen LogP contribution in [0.2, 0.25) is 0 Å². The second-order valence-corrected chi connectivity index (χ2v) is 8.52. The SMILES string of the molecule is COC(=O)c1c(NC(=O)[C@H]2CCCC[C@@H]2C(=O)[O-])sc2c1CCCCCC2. The molecule has 148 valence electrons. The number of carbonyl (C=O) groups excluding carboxylic acids is 3. The molecule has 27 heavy (non-hydrogen) atoms. The number of aliphatic carboxylic acids is 1. The van der Waals surface area contributed by atoms with E-state index in [9.17, 15) is 19.5 Å². The molecule has 2 aliphatic rings. The van der Waals surface area contributed by atoms with Gasteiger partial charge in [-0.15, -0.1) is 11.3 Å². The maximum Gasteiger partial charge on any atom is 0.341 e. The van der Waals surface area contributed by atoms with Gasteiger partial charge in [0.1, 0.15) is 5.00 Å². The predicted octanol–water partition coefficient (Wildman–Crippen LogP) is 2.69. The number of ether oxygens (including phenoxy) is 1. The van der Waals surface area contributed by atoms with E-state index in [2.05, 4.69) is 5.32 Å². The second kappa shape index (κ2) is 8.87. The fourth-order valence-corrected chi connectivity index (χ4v) is 5.54.